The number of carbonyl (C=O) groups is 1. The average Bonchev–Trinajstić information content (AvgIpc) is 2.34. The van der Waals surface area contributed by atoms with Crippen molar-refractivity contribution in [2.75, 3.05) is 19.6 Å². The minimum atomic E-state index is -4.61. The number of aliphatic carboxylic acids is 1. The zero-order chi connectivity index (χ0) is 15.4. The Morgan fingerprint density at radius 3 is 2.60 bits per heavy atom. The smallest absolute Gasteiger partial charge is 0.402 e. The molecule has 0 spiro atoms. The van der Waals surface area contributed by atoms with Crippen LogP contribution in [0.5, 0.6) is 0 Å². The summed E-state index contributed by atoms with van der Waals surface area (Å²) >= 11 is 0. The van der Waals surface area contributed by atoms with Crippen LogP contribution in [-0.4, -0.2) is 49.6 Å². The highest BCUT2D eigenvalue weighted by Gasteiger charge is 2.33. The Bertz CT molecular complexity index is 438. The van der Waals surface area contributed by atoms with Crippen molar-refractivity contribution in [2.24, 2.45) is 5.92 Å². The third kappa shape index (κ3) is 6.06. The molecular weight excluding hydrogens is 301 g/mol. The molecule has 1 saturated heterocycles. The van der Waals surface area contributed by atoms with Gasteiger partial charge >= 0.3 is 12.1 Å². The van der Waals surface area contributed by atoms with E-state index in [1.54, 1.807) is 0 Å². The summed E-state index contributed by atoms with van der Waals surface area (Å²) in [5.74, 6) is -1.11. The number of halogens is 3. The molecule has 0 aromatic carbocycles. The summed E-state index contributed by atoms with van der Waals surface area (Å²) in [6, 6.07) is 0. The van der Waals surface area contributed by atoms with Gasteiger partial charge in [0.2, 0.25) is 0 Å². The van der Waals surface area contributed by atoms with Crippen molar-refractivity contribution in [3.63, 3.8) is 0 Å². The second-order valence-electron chi connectivity index (χ2n) is 4.74. The number of rotatable bonds is 6. The van der Waals surface area contributed by atoms with E-state index in [4.69, 9.17) is 5.11 Å². The third-order valence-electron chi connectivity index (χ3n) is 3.04. The highest BCUT2D eigenvalue weighted by Crippen LogP contribution is 2.23. The zero-order valence-corrected chi connectivity index (χ0v) is 11.5. The van der Waals surface area contributed by atoms with Crippen LogP contribution in [0.3, 0.4) is 0 Å². The highest BCUT2D eigenvalue weighted by atomic mass is 32.2. The van der Waals surface area contributed by atoms with Crippen molar-refractivity contribution in [2.45, 2.75) is 31.9 Å². The first-order chi connectivity index (χ1) is 9.10. The van der Waals surface area contributed by atoms with E-state index in [9.17, 15) is 26.4 Å². The van der Waals surface area contributed by atoms with E-state index >= 15 is 0 Å². The molecule has 1 fully saturated rings. The molecule has 0 aromatic rings. The maximum absolute atomic E-state index is 12.0. The van der Waals surface area contributed by atoms with Gasteiger partial charge in [-0.15, -0.1) is 0 Å². The summed E-state index contributed by atoms with van der Waals surface area (Å²) in [4.78, 5) is 10.5. The summed E-state index contributed by atoms with van der Waals surface area (Å²) in [5.41, 5.74) is 0. The normalized spacial score (nSPS) is 21.9. The van der Waals surface area contributed by atoms with Gasteiger partial charge in [0, 0.05) is 19.5 Å². The number of hydrogen-bond donors (Lipinski definition) is 2. The minimum absolute atomic E-state index is 0.0560. The minimum Gasteiger partial charge on any atom is -0.481 e. The van der Waals surface area contributed by atoms with E-state index in [1.807, 2.05) is 0 Å². The molecule has 20 heavy (non-hydrogen) atoms. The van der Waals surface area contributed by atoms with E-state index in [1.165, 1.54) is 4.72 Å². The Balaban J connectivity index is 2.54. The lowest BCUT2D eigenvalue weighted by Gasteiger charge is -2.31. The van der Waals surface area contributed by atoms with Gasteiger partial charge < -0.3 is 5.11 Å². The molecule has 2 N–H and O–H groups in total. The van der Waals surface area contributed by atoms with Crippen LogP contribution in [-0.2, 0) is 15.0 Å². The molecular formula is C10H17F3N2O4S. The molecule has 10 heteroatoms. The number of nitrogens with one attached hydrogen (secondary N) is 1. The van der Waals surface area contributed by atoms with Crippen molar-refractivity contribution in [1.29, 1.82) is 0 Å². The van der Waals surface area contributed by atoms with Crippen LogP contribution < -0.4 is 4.72 Å². The van der Waals surface area contributed by atoms with Crippen LogP contribution in [0.15, 0.2) is 0 Å². The molecule has 6 nitrogen and oxygen atoms in total. The lowest BCUT2D eigenvalue weighted by Crippen LogP contribution is -2.48. The number of alkyl halides is 3. The SMILES string of the molecule is O=C(O)CCC1CCCN(S(=O)(=O)NCC(F)(F)F)C1. The van der Waals surface area contributed by atoms with Gasteiger partial charge in [0.1, 0.15) is 6.54 Å². The van der Waals surface area contributed by atoms with Crippen molar-refractivity contribution in [3.05, 3.63) is 0 Å². The average molecular weight is 318 g/mol. The predicted molar refractivity (Wildman–Crippen MR) is 64.1 cm³/mol. The number of carboxylic acids is 1. The number of hydrogen-bond acceptors (Lipinski definition) is 3. The van der Waals surface area contributed by atoms with Crippen LogP contribution in [0, 0.1) is 5.92 Å². The van der Waals surface area contributed by atoms with Crippen LogP contribution in [0.4, 0.5) is 13.2 Å². The molecule has 1 unspecified atom stereocenters. The molecule has 0 amide bonds. The lowest BCUT2D eigenvalue weighted by molar-refractivity contribution is -0.137. The van der Waals surface area contributed by atoms with Gasteiger partial charge in [-0.1, -0.05) is 0 Å². The number of piperidine rings is 1. The molecule has 0 radical (unpaired) electrons. The van der Waals surface area contributed by atoms with E-state index < -0.39 is 28.9 Å². The molecule has 0 bridgehead atoms. The first-order valence-corrected chi connectivity index (χ1v) is 7.57. The van der Waals surface area contributed by atoms with Crippen molar-refractivity contribution in [3.8, 4) is 0 Å². The van der Waals surface area contributed by atoms with Crippen LogP contribution in [0.2, 0.25) is 0 Å². The van der Waals surface area contributed by atoms with Gasteiger partial charge in [0.05, 0.1) is 0 Å². The topological polar surface area (TPSA) is 86.7 Å². The standard InChI is InChI=1S/C10H17F3N2O4S/c11-10(12,13)7-14-20(18,19)15-5-1-2-8(6-15)3-4-9(16)17/h8,14H,1-7H2,(H,16,17). The fourth-order valence-corrected chi connectivity index (χ4v) is 3.38. The summed E-state index contributed by atoms with van der Waals surface area (Å²) < 4.78 is 62.0. The number of nitrogens with zero attached hydrogens (tertiary/aromatic N) is 1. The second kappa shape index (κ2) is 6.72. The Kier molecular flexibility index (Phi) is 5.78. The van der Waals surface area contributed by atoms with Crippen molar-refractivity contribution in [1.82, 2.24) is 9.03 Å². The lowest BCUT2D eigenvalue weighted by atomic mass is 9.95. The van der Waals surface area contributed by atoms with Crippen molar-refractivity contribution < 1.29 is 31.5 Å². The van der Waals surface area contributed by atoms with Crippen LogP contribution in [0.1, 0.15) is 25.7 Å². The van der Waals surface area contributed by atoms with Gasteiger partial charge in [-0.25, -0.2) is 0 Å². The van der Waals surface area contributed by atoms with Crippen LogP contribution in [0.25, 0.3) is 0 Å². The summed E-state index contributed by atoms with van der Waals surface area (Å²) in [6.45, 7) is -1.40. The van der Waals surface area contributed by atoms with Gasteiger partial charge in [0.25, 0.3) is 10.2 Å². The zero-order valence-electron chi connectivity index (χ0n) is 10.7. The highest BCUT2D eigenvalue weighted by molar-refractivity contribution is 7.87. The van der Waals surface area contributed by atoms with E-state index in [-0.39, 0.29) is 25.4 Å². The summed E-state index contributed by atoms with van der Waals surface area (Å²) in [6.07, 6.45) is -3.17. The fourth-order valence-electron chi connectivity index (χ4n) is 2.07. The first-order valence-electron chi connectivity index (χ1n) is 6.13. The second-order valence-corrected chi connectivity index (χ2v) is 6.50. The van der Waals surface area contributed by atoms with E-state index in [0.717, 1.165) is 4.31 Å². The summed E-state index contributed by atoms with van der Waals surface area (Å²) in [7, 11) is -4.17. The number of carboxylic acid groups (broad SMARTS) is 1. The molecule has 1 aliphatic heterocycles. The molecule has 118 valence electrons. The maximum Gasteiger partial charge on any atom is 0.402 e. The Labute approximate surface area is 115 Å². The Hall–Kier alpha value is -0.870. The van der Waals surface area contributed by atoms with E-state index in [0.29, 0.717) is 19.3 Å². The van der Waals surface area contributed by atoms with Gasteiger partial charge in [0.15, 0.2) is 0 Å². The predicted octanol–water partition coefficient (Wildman–Crippen LogP) is 0.960. The van der Waals surface area contributed by atoms with Gasteiger partial charge in [-0.3, -0.25) is 4.79 Å². The maximum atomic E-state index is 12.0. The monoisotopic (exact) mass is 318 g/mol. The van der Waals surface area contributed by atoms with Crippen LogP contribution >= 0.6 is 0 Å². The van der Waals surface area contributed by atoms with Crippen molar-refractivity contribution >= 4 is 16.2 Å². The summed E-state index contributed by atoms with van der Waals surface area (Å²) in [5, 5.41) is 8.57. The molecule has 1 aliphatic rings. The molecule has 1 heterocycles. The Morgan fingerprint density at radius 2 is 2.05 bits per heavy atom. The molecule has 0 aromatic heterocycles. The van der Waals surface area contributed by atoms with Gasteiger partial charge in [-0.2, -0.15) is 30.6 Å². The van der Waals surface area contributed by atoms with Gasteiger partial charge in [-0.05, 0) is 25.2 Å². The molecule has 0 aliphatic carbocycles. The quantitative estimate of drug-likeness (QED) is 0.764. The molecule has 0 saturated carbocycles. The fraction of sp³-hybridized carbons (Fsp3) is 0.900. The molecule has 1 atom stereocenters. The third-order valence-corrected chi connectivity index (χ3v) is 4.56. The van der Waals surface area contributed by atoms with E-state index in [2.05, 4.69) is 0 Å². The first kappa shape index (κ1) is 17.2. The Morgan fingerprint density at radius 1 is 1.40 bits per heavy atom. The molecule has 1 rings (SSSR count). The largest absolute Gasteiger partial charge is 0.481 e.